The highest BCUT2D eigenvalue weighted by atomic mass is 79.9. The van der Waals surface area contributed by atoms with Crippen LogP contribution >= 0.6 is 26.6 Å². The number of hydrogen-bond acceptors (Lipinski definition) is 4. The fraction of sp³-hybridized carbons (Fsp3) is 0.143. The van der Waals surface area contributed by atoms with E-state index in [1.165, 1.54) is 12.1 Å². The van der Waals surface area contributed by atoms with Crippen LogP contribution in [0.15, 0.2) is 21.5 Å². The fourth-order valence-corrected chi connectivity index (χ4v) is 3.25. The molecule has 1 aliphatic rings. The minimum absolute atomic E-state index is 0.0246. The Hall–Kier alpha value is -0.460. The maximum absolute atomic E-state index is 11.1. The van der Waals surface area contributed by atoms with Crippen molar-refractivity contribution in [3.63, 3.8) is 0 Å². The molecule has 0 saturated heterocycles. The van der Waals surface area contributed by atoms with Crippen molar-refractivity contribution in [2.24, 2.45) is 0 Å². The van der Waals surface area contributed by atoms with Gasteiger partial charge in [-0.3, -0.25) is 0 Å². The van der Waals surface area contributed by atoms with Gasteiger partial charge < -0.3 is 9.47 Å². The Kier molecular flexibility index (Phi) is 2.36. The van der Waals surface area contributed by atoms with E-state index in [-0.39, 0.29) is 11.7 Å². The predicted octanol–water partition coefficient (Wildman–Crippen LogP) is 2.11. The Bertz CT molecular complexity index is 485. The lowest BCUT2D eigenvalue weighted by atomic mass is 10.3. The van der Waals surface area contributed by atoms with Gasteiger partial charge in [-0.25, -0.2) is 8.42 Å². The first-order valence-electron chi connectivity index (χ1n) is 3.52. The summed E-state index contributed by atoms with van der Waals surface area (Å²) in [5.41, 5.74) is 0. The molecule has 7 heteroatoms. The fourth-order valence-electron chi connectivity index (χ4n) is 1.09. The van der Waals surface area contributed by atoms with Crippen LogP contribution in [0, 0.1) is 0 Å². The summed E-state index contributed by atoms with van der Waals surface area (Å²) in [5.74, 6) is 0.883. The van der Waals surface area contributed by atoms with Crippen molar-refractivity contribution in [2.45, 2.75) is 4.90 Å². The number of benzene rings is 1. The molecule has 14 heavy (non-hydrogen) atoms. The molecule has 0 radical (unpaired) electrons. The zero-order chi connectivity index (χ0) is 10.3. The highest BCUT2D eigenvalue weighted by molar-refractivity contribution is 9.10. The monoisotopic (exact) mass is 298 g/mol. The van der Waals surface area contributed by atoms with E-state index in [1.54, 1.807) is 0 Å². The van der Waals surface area contributed by atoms with Crippen LogP contribution in [0.4, 0.5) is 0 Å². The largest absolute Gasteiger partial charge is 0.454 e. The Labute approximate surface area is 93.3 Å². The summed E-state index contributed by atoms with van der Waals surface area (Å²) in [4.78, 5) is -0.0246. The third kappa shape index (κ3) is 1.69. The summed E-state index contributed by atoms with van der Waals surface area (Å²) in [7, 11) is 1.45. The van der Waals surface area contributed by atoms with Gasteiger partial charge in [0.25, 0.3) is 9.05 Å². The molecule has 1 aromatic carbocycles. The minimum atomic E-state index is -3.77. The summed E-state index contributed by atoms with van der Waals surface area (Å²) in [6.07, 6.45) is 0. The van der Waals surface area contributed by atoms with Crippen LogP contribution in [0.25, 0.3) is 0 Å². The summed E-state index contributed by atoms with van der Waals surface area (Å²) in [5, 5.41) is 0. The van der Waals surface area contributed by atoms with E-state index in [0.29, 0.717) is 16.0 Å². The van der Waals surface area contributed by atoms with Gasteiger partial charge in [0.1, 0.15) is 4.90 Å². The Balaban J connectivity index is 2.65. The Morgan fingerprint density at radius 3 is 2.43 bits per heavy atom. The molecule has 76 valence electrons. The summed E-state index contributed by atoms with van der Waals surface area (Å²) in [6, 6.07) is 2.84. The molecular formula is C7H4BrClO4S. The maximum Gasteiger partial charge on any atom is 0.262 e. The molecule has 0 amide bonds. The summed E-state index contributed by atoms with van der Waals surface area (Å²) in [6.45, 7) is 0.0908. The molecule has 0 fully saturated rings. The van der Waals surface area contributed by atoms with Gasteiger partial charge in [0.15, 0.2) is 11.5 Å². The zero-order valence-corrected chi connectivity index (χ0v) is 9.82. The molecule has 0 aliphatic carbocycles. The first kappa shape index (κ1) is 10.1. The van der Waals surface area contributed by atoms with Crippen molar-refractivity contribution in [1.29, 1.82) is 0 Å². The summed E-state index contributed by atoms with van der Waals surface area (Å²) < 4.78 is 32.6. The highest BCUT2D eigenvalue weighted by Crippen LogP contribution is 2.39. The molecule has 1 aliphatic heterocycles. The molecular weight excluding hydrogens is 295 g/mol. The van der Waals surface area contributed by atoms with Gasteiger partial charge in [-0.2, -0.15) is 0 Å². The van der Waals surface area contributed by atoms with Gasteiger partial charge in [0, 0.05) is 21.2 Å². The molecule has 0 spiro atoms. The predicted molar refractivity (Wildman–Crippen MR) is 53.3 cm³/mol. The second-order valence-corrected chi connectivity index (χ2v) is 5.96. The molecule has 0 aromatic heterocycles. The molecule has 0 bridgehead atoms. The zero-order valence-electron chi connectivity index (χ0n) is 6.66. The molecule has 1 aromatic rings. The van der Waals surface area contributed by atoms with Crippen molar-refractivity contribution in [3.8, 4) is 11.5 Å². The third-order valence-corrected chi connectivity index (χ3v) is 3.97. The van der Waals surface area contributed by atoms with Crippen LogP contribution < -0.4 is 9.47 Å². The van der Waals surface area contributed by atoms with Gasteiger partial charge in [0.05, 0.1) is 0 Å². The first-order chi connectivity index (χ1) is 6.48. The van der Waals surface area contributed by atoms with E-state index in [9.17, 15) is 8.42 Å². The molecule has 4 nitrogen and oxygen atoms in total. The van der Waals surface area contributed by atoms with Crippen molar-refractivity contribution >= 4 is 35.7 Å². The van der Waals surface area contributed by atoms with Gasteiger partial charge >= 0.3 is 0 Å². The van der Waals surface area contributed by atoms with Crippen LogP contribution in [0.2, 0.25) is 0 Å². The lowest BCUT2D eigenvalue weighted by molar-refractivity contribution is 0.174. The van der Waals surface area contributed by atoms with Crippen molar-refractivity contribution in [1.82, 2.24) is 0 Å². The van der Waals surface area contributed by atoms with Crippen LogP contribution in [-0.2, 0) is 9.05 Å². The van der Waals surface area contributed by atoms with E-state index in [4.69, 9.17) is 20.2 Å². The van der Waals surface area contributed by atoms with Gasteiger partial charge in [-0.15, -0.1) is 0 Å². The van der Waals surface area contributed by atoms with Crippen molar-refractivity contribution < 1.29 is 17.9 Å². The van der Waals surface area contributed by atoms with Gasteiger partial charge in [-0.05, 0) is 22.0 Å². The van der Waals surface area contributed by atoms with Crippen molar-refractivity contribution in [2.75, 3.05) is 6.79 Å². The van der Waals surface area contributed by atoms with Crippen LogP contribution in [0.5, 0.6) is 11.5 Å². The highest BCUT2D eigenvalue weighted by Gasteiger charge is 2.22. The lowest BCUT2D eigenvalue weighted by Crippen LogP contribution is -1.93. The van der Waals surface area contributed by atoms with E-state index in [0.717, 1.165) is 0 Å². The molecule has 0 unspecified atom stereocenters. The average Bonchev–Trinajstić information content (AvgIpc) is 2.47. The topological polar surface area (TPSA) is 52.6 Å². The number of hydrogen-bond donors (Lipinski definition) is 0. The Morgan fingerprint density at radius 1 is 1.29 bits per heavy atom. The average molecular weight is 300 g/mol. The smallest absolute Gasteiger partial charge is 0.262 e. The van der Waals surface area contributed by atoms with Crippen molar-refractivity contribution in [3.05, 3.63) is 16.6 Å². The Morgan fingerprint density at radius 2 is 1.86 bits per heavy atom. The van der Waals surface area contributed by atoms with E-state index < -0.39 is 9.05 Å². The van der Waals surface area contributed by atoms with Crippen LogP contribution in [0.1, 0.15) is 0 Å². The number of ether oxygens (including phenoxy) is 2. The second-order valence-electron chi connectivity index (χ2n) is 2.57. The maximum atomic E-state index is 11.1. The van der Waals surface area contributed by atoms with Crippen LogP contribution in [0.3, 0.4) is 0 Å². The third-order valence-electron chi connectivity index (χ3n) is 1.69. The molecule has 1 heterocycles. The standard InChI is InChI=1S/C7H4BrClO4S/c8-4-1-5-6(13-3-12-5)2-7(4)14(9,10)11/h1-2H,3H2. The van der Waals surface area contributed by atoms with Gasteiger partial charge in [-0.1, -0.05) is 0 Å². The first-order valence-corrected chi connectivity index (χ1v) is 6.62. The molecule has 2 rings (SSSR count). The normalized spacial score (nSPS) is 14.4. The van der Waals surface area contributed by atoms with Gasteiger partial charge in [0.2, 0.25) is 6.79 Å². The number of halogens is 2. The number of fused-ring (bicyclic) bond motifs is 1. The van der Waals surface area contributed by atoms with Crippen LogP contribution in [-0.4, -0.2) is 15.2 Å². The minimum Gasteiger partial charge on any atom is -0.454 e. The van der Waals surface area contributed by atoms with E-state index in [1.807, 2.05) is 0 Å². The van der Waals surface area contributed by atoms with E-state index >= 15 is 0 Å². The quantitative estimate of drug-likeness (QED) is 0.745. The number of rotatable bonds is 1. The summed E-state index contributed by atoms with van der Waals surface area (Å²) >= 11 is 3.09. The lowest BCUT2D eigenvalue weighted by Gasteiger charge is -2.02. The molecule has 0 atom stereocenters. The van der Waals surface area contributed by atoms with E-state index in [2.05, 4.69) is 15.9 Å². The second kappa shape index (κ2) is 3.29. The molecule has 0 N–H and O–H groups in total. The molecule has 0 saturated carbocycles. The SMILES string of the molecule is O=S(=O)(Cl)c1cc2c(cc1Br)OCO2.